The van der Waals surface area contributed by atoms with Gasteiger partial charge in [-0.05, 0) is 6.42 Å². The molecule has 0 saturated carbocycles. The lowest BCUT2D eigenvalue weighted by molar-refractivity contribution is 0.560. The van der Waals surface area contributed by atoms with Gasteiger partial charge in [0.1, 0.15) is 11.8 Å². The second-order valence-corrected chi connectivity index (χ2v) is 3.33. The molecule has 0 N–H and O–H groups in total. The zero-order valence-electron chi connectivity index (χ0n) is 8.86. The van der Waals surface area contributed by atoms with Crippen LogP contribution in [0.3, 0.4) is 0 Å². The quantitative estimate of drug-likeness (QED) is 0.712. The average molecular weight is 207 g/mol. The van der Waals surface area contributed by atoms with E-state index in [0.717, 1.165) is 17.4 Å². The molecule has 0 radical (unpaired) electrons. The first-order valence-corrected chi connectivity index (χ1v) is 4.82. The van der Waals surface area contributed by atoms with Crippen molar-refractivity contribution in [1.82, 2.24) is 9.13 Å². The Morgan fingerprint density at radius 1 is 1.47 bits per heavy atom. The van der Waals surface area contributed by atoms with Crippen LogP contribution in [0, 0.1) is 11.3 Å². The summed E-state index contributed by atoms with van der Waals surface area (Å²) in [4.78, 5) is 22.9. The third-order valence-electron chi connectivity index (χ3n) is 2.25. The molecule has 1 heterocycles. The van der Waals surface area contributed by atoms with Gasteiger partial charge in [-0.25, -0.2) is 4.79 Å². The van der Waals surface area contributed by atoms with Gasteiger partial charge in [0.25, 0.3) is 5.56 Å². The van der Waals surface area contributed by atoms with Gasteiger partial charge >= 0.3 is 5.69 Å². The van der Waals surface area contributed by atoms with Gasteiger partial charge in [-0.1, -0.05) is 13.3 Å². The van der Waals surface area contributed by atoms with Crippen LogP contribution in [0.25, 0.3) is 0 Å². The van der Waals surface area contributed by atoms with Crippen molar-refractivity contribution in [2.75, 3.05) is 0 Å². The van der Waals surface area contributed by atoms with Crippen LogP contribution < -0.4 is 11.2 Å². The van der Waals surface area contributed by atoms with Crippen LogP contribution in [0.15, 0.2) is 15.7 Å². The third kappa shape index (κ3) is 2.15. The molecule has 1 aromatic heterocycles. The lowest BCUT2D eigenvalue weighted by Crippen LogP contribution is -2.38. The molecule has 0 aliphatic carbocycles. The first-order valence-electron chi connectivity index (χ1n) is 4.82. The van der Waals surface area contributed by atoms with Crippen molar-refractivity contribution >= 4 is 0 Å². The Labute approximate surface area is 87.2 Å². The molecule has 0 aliphatic heterocycles. The number of unbranched alkanes of at least 4 members (excludes halogenated alkanes) is 1. The molecule has 1 aromatic rings. The number of rotatable bonds is 3. The summed E-state index contributed by atoms with van der Waals surface area (Å²) in [6.45, 7) is 2.48. The van der Waals surface area contributed by atoms with Crippen LogP contribution in [-0.4, -0.2) is 9.13 Å². The minimum absolute atomic E-state index is 0.136. The SMILES string of the molecule is CCCCn1c(C#N)cc(=O)n(C)c1=O. The minimum Gasteiger partial charge on any atom is -0.284 e. The smallest absolute Gasteiger partial charge is 0.284 e. The van der Waals surface area contributed by atoms with Crippen molar-refractivity contribution < 1.29 is 0 Å². The van der Waals surface area contributed by atoms with E-state index in [0.29, 0.717) is 6.54 Å². The fourth-order valence-corrected chi connectivity index (χ4v) is 1.30. The van der Waals surface area contributed by atoms with Crippen molar-refractivity contribution in [3.63, 3.8) is 0 Å². The summed E-state index contributed by atoms with van der Waals surface area (Å²) in [7, 11) is 1.41. The van der Waals surface area contributed by atoms with Crippen LogP contribution in [-0.2, 0) is 13.6 Å². The molecule has 0 atom stereocenters. The van der Waals surface area contributed by atoms with Gasteiger partial charge in [-0.3, -0.25) is 13.9 Å². The average Bonchev–Trinajstić information content (AvgIpc) is 2.24. The molecule has 5 heteroatoms. The molecule has 0 aliphatic rings. The molecule has 0 amide bonds. The topological polar surface area (TPSA) is 67.8 Å². The van der Waals surface area contributed by atoms with Gasteiger partial charge in [-0.2, -0.15) is 5.26 Å². The van der Waals surface area contributed by atoms with E-state index in [2.05, 4.69) is 0 Å². The predicted molar refractivity (Wildman–Crippen MR) is 55.6 cm³/mol. The molecule has 80 valence electrons. The van der Waals surface area contributed by atoms with Crippen LogP contribution in [0.2, 0.25) is 0 Å². The summed E-state index contributed by atoms with van der Waals surface area (Å²) >= 11 is 0. The van der Waals surface area contributed by atoms with Crippen molar-refractivity contribution in [3.8, 4) is 6.07 Å². The Bertz CT molecular complexity index is 505. The van der Waals surface area contributed by atoms with E-state index in [1.165, 1.54) is 17.7 Å². The Morgan fingerprint density at radius 2 is 2.13 bits per heavy atom. The largest absolute Gasteiger partial charge is 0.331 e. The molecular weight excluding hydrogens is 194 g/mol. The van der Waals surface area contributed by atoms with Gasteiger partial charge in [0.2, 0.25) is 0 Å². The first-order chi connectivity index (χ1) is 7.11. The third-order valence-corrected chi connectivity index (χ3v) is 2.25. The van der Waals surface area contributed by atoms with E-state index in [9.17, 15) is 9.59 Å². The molecule has 0 saturated heterocycles. The Morgan fingerprint density at radius 3 is 2.67 bits per heavy atom. The summed E-state index contributed by atoms with van der Waals surface area (Å²) < 4.78 is 2.35. The number of nitrogens with zero attached hydrogens (tertiary/aromatic N) is 3. The molecule has 0 spiro atoms. The predicted octanol–water partition coefficient (Wildman–Crippen LogP) is 0.219. The van der Waals surface area contributed by atoms with E-state index in [1.54, 1.807) is 0 Å². The Balaban J connectivity index is 3.36. The van der Waals surface area contributed by atoms with Crippen LogP contribution in [0.5, 0.6) is 0 Å². The maximum atomic E-state index is 11.6. The lowest BCUT2D eigenvalue weighted by atomic mass is 10.3. The Hall–Kier alpha value is -1.83. The summed E-state index contributed by atoms with van der Waals surface area (Å²) in [5.41, 5.74) is -0.728. The second-order valence-electron chi connectivity index (χ2n) is 3.33. The summed E-state index contributed by atoms with van der Waals surface area (Å²) in [5.74, 6) is 0. The fraction of sp³-hybridized carbons (Fsp3) is 0.500. The van der Waals surface area contributed by atoms with Crippen molar-refractivity contribution in [2.45, 2.75) is 26.3 Å². The highest BCUT2D eigenvalue weighted by molar-refractivity contribution is 5.18. The molecule has 0 unspecified atom stereocenters. The fourth-order valence-electron chi connectivity index (χ4n) is 1.30. The number of aromatic nitrogens is 2. The second kappa shape index (κ2) is 4.60. The molecule has 15 heavy (non-hydrogen) atoms. The van der Waals surface area contributed by atoms with E-state index in [4.69, 9.17) is 5.26 Å². The van der Waals surface area contributed by atoms with Gasteiger partial charge in [0.15, 0.2) is 0 Å². The standard InChI is InChI=1S/C10H13N3O2/c1-3-4-5-13-8(7-11)6-9(14)12(2)10(13)15/h6H,3-5H2,1-2H3. The maximum absolute atomic E-state index is 11.6. The zero-order chi connectivity index (χ0) is 11.4. The van der Waals surface area contributed by atoms with E-state index in [-0.39, 0.29) is 5.69 Å². The number of hydrogen-bond donors (Lipinski definition) is 0. The monoisotopic (exact) mass is 207 g/mol. The first kappa shape index (κ1) is 11.2. The molecule has 1 rings (SSSR count). The van der Waals surface area contributed by atoms with Crippen LogP contribution in [0.1, 0.15) is 25.5 Å². The van der Waals surface area contributed by atoms with Crippen molar-refractivity contribution in [3.05, 3.63) is 32.6 Å². The van der Waals surface area contributed by atoms with Crippen molar-refractivity contribution in [2.24, 2.45) is 7.05 Å². The van der Waals surface area contributed by atoms with E-state index in [1.807, 2.05) is 13.0 Å². The highest BCUT2D eigenvalue weighted by Crippen LogP contribution is 1.95. The molecule has 5 nitrogen and oxygen atoms in total. The summed E-state index contributed by atoms with van der Waals surface area (Å²) in [6, 6.07) is 3.05. The Kier molecular flexibility index (Phi) is 3.45. The van der Waals surface area contributed by atoms with Crippen LogP contribution in [0.4, 0.5) is 0 Å². The maximum Gasteiger partial charge on any atom is 0.331 e. The van der Waals surface area contributed by atoms with Gasteiger partial charge in [-0.15, -0.1) is 0 Å². The number of hydrogen-bond acceptors (Lipinski definition) is 3. The molecule has 0 aromatic carbocycles. The minimum atomic E-state index is -0.440. The van der Waals surface area contributed by atoms with Gasteiger partial charge < -0.3 is 0 Å². The van der Waals surface area contributed by atoms with Gasteiger partial charge in [0, 0.05) is 19.7 Å². The zero-order valence-corrected chi connectivity index (χ0v) is 8.86. The lowest BCUT2D eigenvalue weighted by Gasteiger charge is -2.08. The normalized spacial score (nSPS) is 9.93. The molecular formula is C10H13N3O2. The molecule has 0 bridgehead atoms. The van der Waals surface area contributed by atoms with Crippen molar-refractivity contribution in [1.29, 1.82) is 5.26 Å². The van der Waals surface area contributed by atoms with E-state index < -0.39 is 11.2 Å². The highest BCUT2D eigenvalue weighted by Gasteiger charge is 2.07. The van der Waals surface area contributed by atoms with Crippen LogP contribution >= 0.6 is 0 Å². The van der Waals surface area contributed by atoms with E-state index >= 15 is 0 Å². The highest BCUT2D eigenvalue weighted by atomic mass is 16.2. The summed E-state index contributed by atoms with van der Waals surface area (Å²) in [5, 5.41) is 8.80. The van der Waals surface area contributed by atoms with Gasteiger partial charge in [0.05, 0.1) is 0 Å². The number of nitriles is 1. The summed E-state index contributed by atoms with van der Waals surface area (Å²) in [6.07, 6.45) is 1.74. The molecule has 0 fully saturated rings.